The Morgan fingerprint density at radius 3 is 1.15 bits per heavy atom. The Kier molecular flexibility index (Phi) is 53.7. The fourth-order valence-electron chi connectivity index (χ4n) is 17.5. The molecule has 30 atom stereocenters. The van der Waals surface area contributed by atoms with E-state index >= 15 is 0 Å². The number of carboxylic acid groups (broad SMARTS) is 3. The SMILES string of the molecule is CCCCCCCCC=CCCCCCCCCCCCCCCCC(=O)NC(COC1OC(CO)C(OC2OC(CO)C(O)C(OC3(C(=O)O)CC(O)C(NC(C)=O)C(C(O)C(CO)OC4(C(=O)O)CC(O)C(NC(C)=O)C(C(O)C(CO)OC5(C(=O)O)CC(O)C(NC(C)=O)C(C(O)C(O)CO)O5)O4)O3)C2O)C(O)C1O)C(O)CCCCCCCCCCCCCCC. The molecule has 5 heterocycles. The van der Waals surface area contributed by atoms with E-state index in [2.05, 4.69) is 47.3 Å². The second-order valence-corrected chi connectivity index (χ2v) is 35.7. The molecule has 0 aliphatic carbocycles. The minimum atomic E-state index is -3.57. The number of rotatable bonds is 67. The number of aliphatic hydroxyl groups excluding tert-OH is 17. The number of unbranched alkanes of at least 4 members (excludes halogenated alkanes) is 31. The van der Waals surface area contributed by atoms with Crippen molar-refractivity contribution in [3.63, 3.8) is 0 Å². The van der Waals surface area contributed by atoms with Crippen molar-refractivity contribution < 1.29 is 183 Å². The Labute approximate surface area is 761 Å². The van der Waals surface area contributed by atoms with Crippen molar-refractivity contribution in [3.8, 4) is 0 Å². The second kappa shape index (κ2) is 60.5. The first-order valence-corrected chi connectivity index (χ1v) is 47.3. The van der Waals surface area contributed by atoms with Crippen LogP contribution in [0, 0.1) is 0 Å². The Morgan fingerprint density at radius 2 is 0.769 bits per heavy atom. The molecule has 0 spiro atoms. The molecule has 5 aliphatic heterocycles. The number of nitrogens with one attached hydrogen (secondary N) is 4. The topological polar surface area (TPSA) is 665 Å². The van der Waals surface area contributed by atoms with Crippen molar-refractivity contribution in [2.75, 3.05) is 39.6 Å². The summed E-state index contributed by atoms with van der Waals surface area (Å²) in [5, 5.41) is 236. The van der Waals surface area contributed by atoms with Gasteiger partial charge in [0.15, 0.2) is 12.6 Å². The normalized spacial score (nSPS) is 31.5. The van der Waals surface area contributed by atoms with Crippen molar-refractivity contribution >= 4 is 41.5 Å². The lowest BCUT2D eigenvalue weighted by molar-refractivity contribution is -0.388. The second-order valence-electron chi connectivity index (χ2n) is 35.7. The third-order valence-electron chi connectivity index (χ3n) is 25.0. The number of hydrogen-bond acceptors (Lipinski definition) is 34. The summed E-state index contributed by atoms with van der Waals surface area (Å²) in [7, 11) is 0. The van der Waals surface area contributed by atoms with Crippen LogP contribution >= 0.6 is 0 Å². The zero-order chi connectivity index (χ0) is 96.3. The van der Waals surface area contributed by atoms with Crippen LogP contribution in [0.3, 0.4) is 0 Å². The van der Waals surface area contributed by atoms with E-state index in [1.54, 1.807) is 0 Å². The van der Waals surface area contributed by atoms with Crippen molar-refractivity contribution in [1.82, 2.24) is 21.3 Å². The number of hydrogen-bond donors (Lipinski definition) is 24. The minimum absolute atomic E-state index is 0.144. The summed E-state index contributed by atoms with van der Waals surface area (Å²) in [5.74, 6) is -20.5. The van der Waals surface area contributed by atoms with Gasteiger partial charge in [-0.05, 0) is 38.5 Å². The van der Waals surface area contributed by atoms with Crippen LogP contribution in [0.15, 0.2) is 12.2 Å². The van der Waals surface area contributed by atoms with Crippen LogP contribution in [-0.4, -0.2) is 366 Å². The number of allylic oxidation sites excluding steroid dienone is 2. The van der Waals surface area contributed by atoms with Crippen LogP contribution < -0.4 is 21.3 Å². The van der Waals surface area contributed by atoms with Gasteiger partial charge in [0.05, 0.1) is 88.2 Å². The van der Waals surface area contributed by atoms with Gasteiger partial charge in [-0.25, -0.2) is 14.4 Å². The van der Waals surface area contributed by atoms with Crippen LogP contribution in [0.25, 0.3) is 0 Å². The minimum Gasteiger partial charge on any atom is -0.477 e. The molecule has 5 aliphatic rings. The van der Waals surface area contributed by atoms with Crippen LogP contribution in [0.5, 0.6) is 0 Å². The maximum atomic E-state index is 13.9. The molecule has 41 nitrogen and oxygen atoms in total. The molecule has 0 saturated carbocycles. The smallest absolute Gasteiger partial charge is 0.364 e. The first kappa shape index (κ1) is 115. The van der Waals surface area contributed by atoms with E-state index in [1.165, 1.54) is 135 Å². The maximum absolute atomic E-state index is 13.9. The number of carboxylic acids is 3. The van der Waals surface area contributed by atoms with E-state index in [0.29, 0.717) is 12.8 Å². The van der Waals surface area contributed by atoms with E-state index in [4.69, 9.17) is 47.4 Å². The Bertz CT molecular complexity index is 3250. The summed E-state index contributed by atoms with van der Waals surface area (Å²) < 4.78 is 58.4. The number of carbonyl (C=O) groups excluding carboxylic acids is 4. The van der Waals surface area contributed by atoms with Gasteiger partial charge in [-0.2, -0.15) is 0 Å². The van der Waals surface area contributed by atoms with Gasteiger partial charge in [-0.1, -0.05) is 212 Å². The highest BCUT2D eigenvalue weighted by atomic mass is 16.8. The molecular weight excluding hydrogens is 1720 g/mol. The number of carbonyl (C=O) groups is 7. The lowest BCUT2D eigenvalue weighted by Gasteiger charge is -2.51. The number of amides is 4. The lowest BCUT2D eigenvalue weighted by atomic mass is 9.86. The molecule has 130 heavy (non-hydrogen) atoms. The van der Waals surface area contributed by atoms with Gasteiger partial charge in [-0.15, -0.1) is 0 Å². The molecule has 0 aromatic rings. The number of aliphatic hydroxyl groups is 17. The standard InChI is InChI=1S/C89H158N4O37/c1-6-8-10-12-14-16-18-20-21-22-23-24-25-26-27-28-29-31-33-35-37-39-41-43-66(107)93-56(57(102)42-40-38-36-34-32-30-19-17-15-13-11-9-7-2)52-121-82-75(113)74(112)77(65(51-98)123-82)124-83-76(114)81(71(109)62(48-95)122-83)130-89(86(119)120)46-60(105)69(92-55(5)101)80(129-89)73(111)64(50-97)126-88(85(117)118)45-59(104)68(91-54(4)100)79(128-88)72(110)63(49-96)125-87(84(115)116)44-58(103)67(90-53(3)99)78(127-87)70(108)61(106)47-94/h20-21,56-65,67-83,94-98,102-106,108-114H,6-19,22-52H2,1-5H3,(H,90,99)(H,91,100)(H,92,101)(H,93,107)(H,115,116)(H,117,118)(H,119,120). The largest absolute Gasteiger partial charge is 0.477 e. The van der Waals surface area contributed by atoms with E-state index in [9.17, 15) is 136 Å². The summed E-state index contributed by atoms with van der Waals surface area (Å²) in [6.07, 6.45) is -11.9. The predicted octanol–water partition coefficient (Wildman–Crippen LogP) is 0.634. The molecule has 30 unspecified atom stereocenters. The van der Waals surface area contributed by atoms with Crippen molar-refractivity contribution in [3.05, 3.63) is 12.2 Å². The van der Waals surface area contributed by atoms with Crippen LogP contribution in [-0.2, 0) is 80.9 Å². The summed E-state index contributed by atoms with van der Waals surface area (Å²) in [5.41, 5.74) is 0. The van der Waals surface area contributed by atoms with E-state index in [0.717, 1.165) is 91.4 Å². The highest BCUT2D eigenvalue weighted by molar-refractivity contribution is 5.79. The van der Waals surface area contributed by atoms with Gasteiger partial charge in [0.25, 0.3) is 17.4 Å². The van der Waals surface area contributed by atoms with Gasteiger partial charge in [-0.3, -0.25) is 19.2 Å². The lowest BCUT2D eigenvalue weighted by Crippen LogP contribution is -2.72. The summed E-state index contributed by atoms with van der Waals surface area (Å²) in [6.45, 7) is 0.0270. The van der Waals surface area contributed by atoms with Gasteiger partial charge >= 0.3 is 17.9 Å². The van der Waals surface area contributed by atoms with Gasteiger partial charge < -0.3 is 171 Å². The highest BCUT2D eigenvalue weighted by Gasteiger charge is 2.64. The van der Waals surface area contributed by atoms with E-state index < -0.39 is 277 Å². The third-order valence-corrected chi connectivity index (χ3v) is 25.0. The molecule has 5 rings (SSSR count). The average molecular weight is 1880 g/mol. The van der Waals surface area contributed by atoms with Gasteiger partial charge in [0.1, 0.15) is 104 Å². The van der Waals surface area contributed by atoms with Crippen molar-refractivity contribution in [2.45, 2.75) is 467 Å². The van der Waals surface area contributed by atoms with Crippen molar-refractivity contribution in [2.24, 2.45) is 0 Å². The molecule has 5 fully saturated rings. The van der Waals surface area contributed by atoms with Crippen molar-refractivity contribution in [1.29, 1.82) is 0 Å². The molecule has 5 saturated heterocycles. The molecule has 756 valence electrons. The predicted molar refractivity (Wildman–Crippen MR) is 461 cm³/mol. The molecule has 0 bridgehead atoms. The molecular formula is C89H158N4O37. The Balaban J connectivity index is 1.29. The number of aliphatic carboxylic acids is 3. The molecule has 0 radical (unpaired) electrons. The zero-order valence-electron chi connectivity index (χ0n) is 76.4. The molecule has 4 amide bonds. The molecule has 24 N–H and O–H groups in total. The Hall–Kier alpha value is -5.05. The fourth-order valence-corrected chi connectivity index (χ4v) is 17.5. The summed E-state index contributed by atoms with van der Waals surface area (Å²) in [6, 6.07) is -6.94. The average Bonchev–Trinajstić information content (AvgIpc) is 0.748. The highest BCUT2D eigenvalue weighted by Crippen LogP contribution is 2.43. The molecule has 0 aromatic heterocycles. The van der Waals surface area contributed by atoms with Gasteiger partial charge in [0.2, 0.25) is 23.6 Å². The maximum Gasteiger partial charge on any atom is 0.364 e. The van der Waals surface area contributed by atoms with Gasteiger partial charge in [0, 0.05) is 46.5 Å². The first-order valence-electron chi connectivity index (χ1n) is 47.3. The van der Waals surface area contributed by atoms with Crippen LogP contribution in [0.1, 0.15) is 285 Å². The van der Waals surface area contributed by atoms with E-state index in [-0.39, 0.29) is 18.7 Å². The van der Waals surface area contributed by atoms with Crippen LogP contribution in [0.4, 0.5) is 0 Å². The molecule has 41 heteroatoms. The molecule has 0 aromatic carbocycles. The summed E-state index contributed by atoms with van der Waals surface area (Å²) in [4.78, 5) is 92.4. The zero-order valence-corrected chi connectivity index (χ0v) is 76.4. The quantitative estimate of drug-likeness (QED) is 0.0293. The Morgan fingerprint density at radius 1 is 0.408 bits per heavy atom. The fraction of sp³-hybridized carbons (Fsp3) is 0.899. The van der Waals surface area contributed by atoms with E-state index in [1.807, 2.05) is 0 Å². The number of ether oxygens (including phenoxy) is 10. The van der Waals surface area contributed by atoms with Crippen LogP contribution in [0.2, 0.25) is 0 Å². The first-order chi connectivity index (χ1) is 62.0. The monoisotopic (exact) mass is 1880 g/mol. The summed E-state index contributed by atoms with van der Waals surface area (Å²) >= 11 is 0. The third kappa shape index (κ3) is 36.1.